The highest BCUT2D eigenvalue weighted by atomic mass is 35.5. The van der Waals surface area contributed by atoms with E-state index >= 15 is 0 Å². The molecule has 1 amide bonds. The number of nitrogens with zero attached hydrogens (tertiary/aromatic N) is 2. The monoisotopic (exact) mass is 282 g/mol. The Morgan fingerprint density at radius 2 is 2.26 bits per heavy atom. The minimum absolute atomic E-state index is 0.273. The molecular formula is C13H15ClN2O3. The van der Waals surface area contributed by atoms with Gasteiger partial charge in [-0.15, -0.1) is 0 Å². The van der Waals surface area contributed by atoms with Gasteiger partial charge in [0, 0.05) is 18.4 Å². The number of hydrogen-bond donors (Lipinski definition) is 0. The fourth-order valence-corrected chi connectivity index (χ4v) is 2.52. The Kier molecular flexibility index (Phi) is 4.04. The first-order chi connectivity index (χ1) is 9.04. The molecule has 0 bridgehead atoms. The number of esters is 1. The van der Waals surface area contributed by atoms with Crippen LogP contribution in [0.2, 0.25) is 5.02 Å². The maximum Gasteiger partial charge on any atom is 0.328 e. The maximum atomic E-state index is 12.4. The standard InChI is InChI=1S/C13H15ClN2O3/c1-8-6-10(14)9(7-15-8)12(17)16-5-3-4-11(16)13(18)19-2/h6-7,11H,3-5H2,1-2H3. The van der Waals surface area contributed by atoms with Crippen LogP contribution >= 0.6 is 11.6 Å². The number of methoxy groups -OCH3 is 1. The van der Waals surface area contributed by atoms with Crippen LogP contribution in [0.4, 0.5) is 0 Å². The largest absolute Gasteiger partial charge is 0.467 e. The second-order valence-electron chi connectivity index (χ2n) is 4.49. The zero-order valence-electron chi connectivity index (χ0n) is 10.9. The zero-order chi connectivity index (χ0) is 14.0. The molecule has 6 heteroatoms. The lowest BCUT2D eigenvalue weighted by Gasteiger charge is -2.23. The van der Waals surface area contributed by atoms with Gasteiger partial charge in [0.05, 0.1) is 17.7 Å². The number of pyridine rings is 1. The van der Waals surface area contributed by atoms with E-state index in [1.54, 1.807) is 13.0 Å². The van der Waals surface area contributed by atoms with Crippen molar-refractivity contribution in [3.63, 3.8) is 0 Å². The van der Waals surface area contributed by atoms with Crippen LogP contribution in [0.15, 0.2) is 12.3 Å². The predicted octanol–water partition coefficient (Wildman–Crippen LogP) is 1.82. The molecule has 1 fully saturated rings. The highest BCUT2D eigenvalue weighted by molar-refractivity contribution is 6.33. The third kappa shape index (κ3) is 2.71. The molecule has 1 aromatic rings. The predicted molar refractivity (Wildman–Crippen MR) is 70.1 cm³/mol. The molecule has 0 N–H and O–H groups in total. The minimum Gasteiger partial charge on any atom is -0.467 e. The summed E-state index contributed by atoms with van der Waals surface area (Å²) >= 11 is 6.06. The van der Waals surface area contributed by atoms with Gasteiger partial charge in [0.25, 0.3) is 5.91 Å². The summed E-state index contributed by atoms with van der Waals surface area (Å²) in [4.78, 5) is 29.6. The molecule has 0 saturated carbocycles. The van der Waals surface area contributed by atoms with Gasteiger partial charge in [-0.2, -0.15) is 0 Å². The number of ether oxygens (including phenoxy) is 1. The topological polar surface area (TPSA) is 59.5 Å². The molecule has 1 atom stereocenters. The molecule has 0 aliphatic carbocycles. The zero-order valence-corrected chi connectivity index (χ0v) is 11.6. The number of halogens is 1. The lowest BCUT2D eigenvalue weighted by atomic mass is 10.2. The molecular weight excluding hydrogens is 268 g/mol. The third-order valence-corrected chi connectivity index (χ3v) is 3.52. The van der Waals surface area contributed by atoms with Crippen molar-refractivity contribution in [2.45, 2.75) is 25.8 Å². The summed E-state index contributed by atoms with van der Waals surface area (Å²) in [5, 5.41) is 0.355. The Balaban J connectivity index is 2.25. The SMILES string of the molecule is COC(=O)C1CCCN1C(=O)c1cnc(C)cc1Cl. The van der Waals surface area contributed by atoms with E-state index in [1.165, 1.54) is 18.2 Å². The summed E-state index contributed by atoms with van der Waals surface area (Å²) in [6.07, 6.45) is 2.85. The van der Waals surface area contributed by atoms with Crippen molar-refractivity contribution in [1.82, 2.24) is 9.88 Å². The van der Waals surface area contributed by atoms with Crippen molar-refractivity contribution in [3.05, 3.63) is 28.5 Å². The van der Waals surface area contributed by atoms with Gasteiger partial charge < -0.3 is 9.64 Å². The fourth-order valence-electron chi connectivity index (χ4n) is 2.23. The van der Waals surface area contributed by atoms with Crippen molar-refractivity contribution in [1.29, 1.82) is 0 Å². The van der Waals surface area contributed by atoms with Crippen LogP contribution < -0.4 is 0 Å². The fraction of sp³-hybridized carbons (Fsp3) is 0.462. The van der Waals surface area contributed by atoms with Gasteiger partial charge in [-0.1, -0.05) is 11.6 Å². The van der Waals surface area contributed by atoms with Crippen molar-refractivity contribution in [3.8, 4) is 0 Å². The summed E-state index contributed by atoms with van der Waals surface area (Å²) < 4.78 is 4.72. The van der Waals surface area contributed by atoms with E-state index in [4.69, 9.17) is 16.3 Å². The van der Waals surface area contributed by atoms with E-state index in [-0.39, 0.29) is 11.9 Å². The minimum atomic E-state index is -0.519. The molecule has 0 aromatic carbocycles. The molecule has 2 rings (SSSR count). The number of hydrogen-bond acceptors (Lipinski definition) is 4. The van der Waals surface area contributed by atoms with E-state index in [1.807, 2.05) is 0 Å². The molecule has 0 radical (unpaired) electrons. The highest BCUT2D eigenvalue weighted by Gasteiger charge is 2.35. The number of aromatic nitrogens is 1. The van der Waals surface area contributed by atoms with Gasteiger partial charge in [0.2, 0.25) is 0 Å². The van der Waals surface area contributed by atoms with Crippen LogP contribution in [0.25, 0.3) is 0 Å². The summed E-state index contributed by atoms with van der Waals surface area (Å²) in [5.41, 5.74) is 1.07. The summed E-state index contributed by atoms with van der Waals surface area (Å²) in [5.74, 6) is -0.660. The highest BCUT2D eigenvalue weighted by Crippen LogP contribution is 2.24. The molecule has 1 aromatic heterocycles. The summed E-state index contributed by atoms with van der Waals surface area (Å²) in [6, 6.07) is 1.12. The second-order valence-corrected chi connectivity index (χ2v) is 4.89. The average Bonchev–Trinajstić information content (AvgIpc) is 2.86. The average molecular weight is 283 g/mol. The van der Waals surface area contributed by atoms with E-state index in [0.29, 0.717) is 23.6 Å². The third-order valence-electron chi connectivity index (χ3n) is 3.21. The molecule has 0 spiro atoms. The Bertz CT molecular complexity index is 519. The Morgan fingerprint density at radius 3 is 2.89 bits per heavy atom. The van der Waals surface area contributed by atoms with Gasteiger partial charge in [0.1, 0.15) is 6.04 Å². The number of aryl methyl sites for hydroxylation is 1. The quantitative estimate of drug-likeness (QED) is 0.777. The van der Waals surface area contributed by atoms with Gasteiger partial charge in [-0.25, -0.2) is 4.79 Å². The molecule has 5 nitrogen and oxygen atoms in total. The second kappa shape index (κ2) is 5.57. The van der Waals surface area contributed by atoms with Crippen molar-refractivity contribution >= 4 is 23.5 Å². The number of likely N-dealkylation sites (tertiary alicyclic amines) is 1. The van der Waals surface area contributed by atoms with Crippen LogP contribution in [0.5, 0.6) is 0 Å². The first kappa shape index (κ1) is 13.8. The van der Waals surface area contributed by atoms with Crippen LogP contribution in [0.3, 0.4) is 0 Å². The first-order valence-electron chi connectivity index (χ1n) is 6.05. The van der Waals surface area contributed by atoms with Crippen LogP contribution in [0.1, 0.15) is 28.9 Å². The van der Waals surface area contributed by atoms with E-state index in [0.717, 1.165) is 12.1 Å². The molecule has 1 aliphatic rings. The van der Waals surface area contributed by atoms with Crippen LogP contribution in [0, 0.1) is 6.92 Å². The van der Waals surface area contributed by atoms with Crippen molar-refractivity contribution < 1.29 is 14.3 Å². The molecule has 19 heavy (non-hydrogen) atoms. The number of carbonyl (C=O) groups excluding carboxylic acids is 2. The lowest BCUT2D eigenvalue weighted by Crippen LogP contribution is -2.41. The van der Waals surface area contributed by atoms with Crippen molar-refractivity contribution in [2.75, 3.05) is 13.7 Å². The van der Waals surface area contributed by atoms with Gasteiger partial charge in [-0.3, -0.25) is 9.78 Å². The van der Waals surface area contributed by atoms with Crippen LogP contribution in [-0.4, -0.2) is 41.5 Å². The summed E-state index contributed by atoms with van der Waals surface area (Å²) in [6.45, 7) is 2.33. The normalized spacial score (nSPS) is 18.5. The lowest BCUT2D eigenvalue weighted by molar-refractivity contribution is -0.145. The number of rotatable bonds is 2. The van der Waals surface area contributed by atoms with E-state index in [2.05, 4.69) is 4.98 Å². The smallest absolute Gasteiger partial charge is 0.328 e. The Hall–Kier alpha value is -1.62. The van der Waals surface area contributed by atoms with E-state index in [9.17, 15) is 9.59 Å². The maximum absolute atomic E-state index is 12.4. The first-order valence-corrected chi connectivity index (χ1v) is 6.43. The Morgan fingerprint density at radius 1 is 1.53 bits per heavy atom. The Labute approximate surface area is 116 Å². The van der Waals surface area contributed by atoms with Gasteiger partial charge >= 0.3 is 5.97 Å². The number of carbonyl (C=O) groups is 2. The number of amides is 1. The molecule has 1 unspecified atom stereocenters. The molecule has 1 saturated heterocycles. The van der Waals surface area contributed by atoms with E-state index < -0.39 is 6.04 Å². The van der Waals surface area contributed by atoms with Crippen molar-refractivity contribution in [2.24, 2.45) is 0 Å². The van der Waals surface area contributed by atoms with Crippen LogP contribution in [-0.2, 0) is 9.53 Å². The van der Waals surface area contributed by atoms with Gasteiger partial charge in [-0.05, 0) is 25.8 Å². The molecule has 1 aliphatic heterocycles. The van der Waals surface area contributed by atoms with Gasteiger partial charge in [0.15, 0.2) is 0 Å². The molecule has 2 heterocycles. The molecule has 102 valence electrons. The summed E-state index contributed by atoms with van der Waals surface area (Å²) in [7, 11) is 1.32.